The van der Waals surface area contributed by atoms with E-state index in [0.717, 1.165) is 4.47 Å². The van der Waals surface area contributed by atoms with Crippen LogP contribution in [0.25, 0.3) is 0 Å². The van der Waals surface area contributed by atoms with Gasteiger partial charge in [-0.1, -0.05) is 22.0 Å². The van der Waals surface area contributed by atoms with Crippen LogP contribution in [-0.4, -0.2) is 32.3 Å². The van der Waals surface area contributed by atoms with E-state index in [-0.39, 0.29) is 12.5 Å². The van der Waals surface area contributed by atoms with Gasteiger partial charge < -0.3 is 14.8 Å². The molecule has 0 unspecified atom stereocenters. The Kier molecular flexibility index (Phi) is 6.77. The quantitative estimate of drug-likeness (QED) is 0.730. The second-order valence-electron chi connectivity index (χ2n) is 4.80. The van der Waals surface area contributed by atoms with E-state index in [1.165, 1.54) is 7.11 Å². The molecule has 2 aromatic carbocycles. The third-order valence-electron chi connectivity index (χ3n) is 2.99. The number of anilines is 2. The predicted octanol–water partition coefficient (Wildman–Crippen LogP) is 3.90. The molecule has 0 atom stereocenters. The van der Waals surface area contributed by atoms with Gasteiger partial charge in [0.05, 0.1) is 6.61 Å². The van der Waals surface area contributed by atoms with Crippen LogP contribution in [0, 0.1) is 0 Å². The van der Waals surface area contributed by atoms with Crippen molar-refractivity contribution in [3.63, 3.8) is 0 Å². The Hall–Kier alpha value is -2.38. The maximum absolute atomic E-state index is 12.2. The summed E-state index contributed by atoms with van der Waals surface area (Å²) in [6.45, 7) is 0.499. The van der Waals surface area contributed by atoms with Crippen molar-refractivity contribution in [3.8, 4) is 0 Å². The Morgan fingerprint density at radius 3 is 2.33 bits per heavy atom. The van der Waals surface area contributed by atoms with E-state index in [4.69, 9.17) is 9.47 Å². The first-order valence-electron chi connectivity index (χ1n) is 7.18. The standard InChI is InChI=1S/C17H17BrN2O4/c1-23-9-10-24-17(22)20-15-4-2-3-14(11-15)19-16(21)12-5-7-13(18)8-6-12/h2-8,11H,9-10H2,1H3,(H,19,21)(H,20,22). The molecule has 0 aliphatic rings. The van der Waals surface area contributed by atoms with Crippen molar-refractivity contribution in [1.29, 1.82) is 0 Å². The lowest BCUT2D eigenvalue weighted by Gasteiger charge is -2.09. The number of hydrogen-bond acceptors (Lipinski definition) is 4. The summed E-state index contributed by atoms with van der Waals surface area (Å²) >= 11 is 3.32. The molecular formula is C17H17BrN2O4. The number of carbonyl (C=O) groups excluding carboxylic acids is 2. The first-order chi connectivity index (χ1) is 11.6. The van der Waals surface area contributed by atoms with Gasteiger partial charge in [-0.2, -0.15) is 0 Å². The number of amides is 2. The van der Waals surface area contributed by atoms with E-state index in [0.29, 0.717) is 23.5 Å². The van der Waals surface area contributed by atoms with Gasteiger partial charge in [-0.15, -0.1) is 0 Å². The minimum Gasteiger partial charge on any atom is -0.447 e. The average molecular weight is 393 g/mol. The van der Waals surface area contributed by atoms with E-state index in [9.17, 15) is 9.59 Å². The van der Waals surface area contributed by atoms with Crippen molar-refractivity contribution in [2.24, 2.45) is 0 Å². The van der Waals surface area contributed by atoms with Crippen LogP contribution in [0.3, 0.4) is 0 Å². The zero-order chi connectivity index (χ0) is 17.4. The molecule has 126 valence electrons. The van der Waals surface area contributed by atoms with E-state index in [1.54, 1.807) is 48.5 Å². The third-order valence-corrected chi connectivity index (χ3v) is 3.52. The SMILES string of the molecule is COCCOC(=O)Nc1cccc(NC(=O)c2ccc(Br)cc2)c1. The monoisotopic (exact) mass is 392 g/mol. The normalized spacial score (nSPS) is 10.1. The Morgan fingerprint density at radius 1 is 1.00 bits per heavy atom. The molecular weight excluding hydrogens is 376 g/mol. The molecule has 0 aliphatic carbocycles. The molecule has 7 heteroatoms. The van der Waals surface area contributed by atoms with Crippen molar-refractivity contribution in [3.05, 3.63) is 58.6 Å². The summed E-state index contributed by atoms with van der Waals surface area (Å²) in [7, 11) is 1.53. The molecule has 0 bridgehead atoms. The molecule has 2 rings (SSSR count). The minimum atomic E-state index is -0.580. The average Bonchev–Trinajstić information content (AvgIpc) is 2.56. The number of carbonyl (C=O) groups is 2. The minimum absolute atomic E-state index is 0.169. The number of hydrogen-bond donors (Lipinski definition) is 2. The molecule has 24 heavy (non-hydrogen) atoms. The smallest absolute Gasteiger partial charge is 0.411 e. The van der Waals surface area contributed by atoms with Crippen LogP contribution in [0.4, 0.5) is 16.2 Å². The first kappa shape index (κ1) is 18.0. The molecule has 0 aromatic heterocycles. The molecule has 2 N–H and O–H groups in total. The van der Waals surface area contributed by atoms with Crippen molar-refractivity contribution in [1.82, 2.24) is 0 Å². The molecule has 0 spiro atoms. The fourth-order valence-electron chi connectivity index (χ4n) is 1.85. The van der Waals surface area contributed by atoms with Crippen LogP contribution in [-0.2, 0) is 9.47 Å². The van der Waals surface area contributed by atoms with Crippen molar-refractivity contribution < 1.29 is 19.1 Å². The van der Waals surface area contributed by atoms with Crippen LogP contribution >= 0.6 is 15.9 Å². The summed E-state index contributed by atoms with van der Waals surface area (Å²) in [6, 6.07) is 13.8. The molecule has 0 radical (unpaired) electrons. The molecule has 0 saturated carbocycles. The third kappa shape index (κ3) is 5.68. The van der Waals surface area contributed by atoms with Crippen LogP contribution in [0.2, 0.25) is 0 Å². The summed E-state index contributed by atoms with van der Waals surface area (Å²) in [5.74, 6) is -0.234. The highest BCUT2D eigenvalue weighted by Gasteiger charge is 2.07. The van der Waals surface area contributed by atoms with Crippen LogP contribution in [0.1, 0.15) is 10.4 Å². The summed E-state index contributed by atoms with van der Waals surface area (Å²) in [6.07, 6.45) is -0.580. The van der Waals surface area contributed by atoms with Gasteiger partial charge in [0.25, 0.3) is 5.91 Å². The van der Waals surface area contributed by atoms with Crippen molar-refractivity contribution in [2.45, 2.75) is 0 Å². The number of methoxy groups -OCH3 is 1. The number of nitrogens with one attached hydrogen (secondary N) is 2. The van der Waals surface area contributed by atoms with Gasteiger partial charge in [-0.05, 0) is 42.5 Å². The van der Waals surface area contributed by atoms with Gasteiger partial charge in [0.1, 0.15) is 6.61 Å². The number of halogens is 1. The lowest BCUT2D eigenvalue weighted by atomic mass is 10.2. The maximum Gasteiger partial charge on any atom is 0.411 e. The topological polar surface area (TPSA) is 76.7 Å². The fourth-order valence-corrected chi connectivity index (χ4v) is 2.12. The second kappa shape index (κ2) is 9.05. The highest BCUT2D eigenvalue weighted by Crippen LogP contribution is 2.17. The Bertz CT molecular complexity index is 704. The fraction of sp³-hybridized carbons (Fsp3) is 0.176. The molecule has 0 saturated heterocycles. The van der Waals surface area contributed by atoms with Crippen LogP contribution in [0.15, 0.2) is 53.0 Å². The van der Waals surface area contributed by atoms with Crippen LogP contribution < -0.4 is 10.6 Å². The summed E-state index contributed by atoms with van der Waals surface area (Å²) in [5, 5.41) is 5.36. The van der Waals surface area contributed by atoms with E-state index in [1.807, 2.05) is 0 Å². The Morgan fingerprint density at radius 2 is 1.67 bits per heavy atom. The zero-order valence-electron chi connectivity index (χ0n) is 13.0. The number of benzene rings is 2. The molecule has 0 aliphatic heterocycles. The molecule has 2 amide bonds. The summed E-state index contributed by atoms with van der Waals surface area (Å²) in [4.78, 5) is 23.8. The molecule has 0 heterocycles. The van der Waals surface area contributed by atoms with Gasteiger partial charge >= 0.3 is 6.09 Å². The van der Waals surface area contributed by atoms with Gasteiger partial charge in [0.2, 0.25) is 0 Å². The summed E-state index contributed by atoms with van der Waals surface area (Å²) in [5.41, 5.74) is 1.62. The Labute approximate surface area is 148 Å². The number of rotatable bonds is 6. The summed E-state index contributed by atoms with van der Waals surface area (Å²) < 4.78 is 10.6. The predicted molar refractivity (Wildman–Crippen MR) is 95.4 cm³/mol. The molecule has 2 aromatic rings. The first-order valence-corrected chi connectivity index (χ1v) is 7.97. The van der Waals surface area contributed by atoms with Gasteiger partial charge in [0, 0.05) is 28.5 Å². The van der Waals surface area contributed by atoms with Gasteiger partial charge in [-0.25, -0.2) is 4.79 Å². The van der Waals surface area contributed by atoms with Gasteiger partial charge in [-0.3, -0.25) is 10.1 Å². The maximum atomic E-state index is 12.2. The largest absolute Gasteiger partial charge is 0.447 e. The van der Waals surface area contributed by atoms with E-state index >= 15 is 0 Å². The van der Waals surface area contributed by atoms with E-state index in [2.05, 4.69) is 26.6 Å². The lowest BCUT2D eigenvalue weighted by molar-refractivity contribution is 0.102. The lowest BCUT2D eigenvalue weighted by Crippen LogP contribution is -2.16. The van der Waals surface area contributed by atoms with E-state index < -0.39 is 6.09 Å². The van der Waals surface area contributed by atoms with Gasteiger partial charge in [0.15, 0.2) is 0 Å². The second-order valence-corrected chi connectivity index (χ2v) is 5.71. The molecule has 6 nitrogen and oxygen atoms in total. The molecule has 0 fully saturated rings. The van der Waals surface area contributed by atoms with Crippen molar-refractivity contribution >= 4 is 39.3 Å². The Balaban J connectivity index is 1.95. The number of ether oxygens (including phenoxy) is 2. The highest BCUT2D eigenvalue weighted by molar-refractivity contribution is 9.10. The highest BCUT2D eigenvalue weighted by atomic mass is 79.9. The zero-order valence-corrected chi connectivity index (χ0v) is 14.6. The van der Waals surface area contributed by atoms with Crippen molar-refractivity contribution in [2.75, 3.05) is 31.0 Å². The van der Waals surface area contributed by atoms with Crippen LogP contribution in [0.5, 0.6) is 0 Å².